The third kappa shape index (κ3) is 2.29. The summed E-state index contributed by atoms with van der Waals surface area (Å²) in [5.74, 6) is 2.57. The fraction of sp³-hybridized carbons (Fsp3) is 0.333. The number of rotatable bonds is 2. The monoisotopic (exact) mass is 208 g/mol. The Kier molecular flexibility index (Phi) is 3.21. The number of hydrogen-bond acceptors (Lipinski definition) is 1. The van der Waals surface area contributed by atoms with Gasteiger partial charge in [0.05, 0.1) is 11.5 Å². The predicted molar refractivity (Wildman–Crippen MR) is 59.0 cm³/mol. The van der Waals surface area contributed by atoms with E-state index in [0.29, 0.717) is 5.02 Å². The van der Waals surface area contributed by atoms with Gasteiger partial charge in [0.1, 0.15) is 0 Å². The normalized spacial score (nSPS) is 13.4. The Labute approximate surface area is 89.7 Å². The molecule has 0 aromatic heterocycles. The molecule has 2 heteroatoms. The molecule has 0 aliphatic carbocycles. The third-order valence-electron chi connectivity index (χ3n) is 2.24. The summed E-state index contributed by atoms with van der Waals surface area (Å²) in [7, 11) is 0. The summed E-state index contributed by atoms with van der Waals surface area (Å²) in [6, 6.07) is 7.05. The lowest BCUT2D eigenvalue weighted by Gasteiger charge is -2.25. The summed E-state index contributed by atoms with van der Waals surface area (Å²) in [4.78, 5) is 0. The summed E-state index contributed by atoms with van der Waals surface area (Å²) >= 11 is 5.74. The van der Waals surface area contributed by atoms with E-state index < -0.39 is 11.5 Å². The molecule has 0 aliphatic heterocycles. The molecule has 14 heavy (non-hydrogen) atoms. The third-order valence-corrected chi connectivity index (χ3v) is 2.49. The van der Waals surface area contributed by atoms with Crippen LogP contribution in [0.2, 0.25) is 5.02 Å². The lowest BCUT2D eigenvalue weighted by atomic mass is 9.84. The van der Waals surface area contributed by atoms with E-state index in [2.05, 4.69) is 5.92 Å². The minimum atomic E-state index is -0.662. The zero-order valence-electron chi connectivity index (χ0n) is 8.29. The van der Waals surface area contributed by atoms with Gasteiger partial charge in [-0.3, -0.25) is 0 Å². The highest BCUT2D eigenvalue weighted by Gasteiger charge is 2.26. The van der Waals surface area contributed by atoms with E-state index in [1.54, 1.807) is 24.3 Å². The van der Waals surface area contributed by atoms with Gasteiger partial charge in [-0.15, -0.1) is 6.42 Å². The number of terminal acetylenes is 1. The van der Waals surface area contributed by atoms with Crippen molar-refractivity contribution in [3.8, 4) is 12.3 Å². The standard InChI is InChI=1S/C12H13ClO/c1-4-12(2,3)11(14)9-5-7-10(13)8-6-9/h1,5-8,11,14H,2-3H3. The lowest BCUT2D eigenvalue weighted by molar-refractivity contribution is 0.0882. The minimum absolute atomic E-state index is 0.562. The van der Waals surface area contributed by atoms with Crippen molar-refractivity contribution in [1.29, 1.82) is 0 Å². The number of benzene rings is 1. The first-order valence-electron chi connectivity index (χ1n) is 4.38. The molecule has 1 N–H and O–H groups in total. The Morgan fingerprint density at radius 3 is 2.29 bits per heavy atom. The van der Waals surface area contributed by atoms with Crippen LogP contribution in [0.3, 0.4) is 0 Å². The highest BCUT2D eigenvalue weighted by atomic mass is 35.5. The Morgan fingerprint density at radius 1 is 1.36 bits per heavy atom. The van der Waals surface area contributed by atoms with Gasteiger partial charge >= 0.3 is 0 Å². The summed E-state index contributed by atoms with van der Waals surface area (Å²) in [6.07, 6.45) is 4.68. The molecule has 0 spiro atoms. The summed E-state index contributed by atoms with van der Waals surface area (Å²) in [6.45, 7) is 3.65. The molecule has 0 fully saturated rings. The molecule has 0 saturated carbocycles. The molecule has 0 radical (unpaired) electrons. The Hall–Kier alpha value is -0.970. The first kappa shape index (κ1) is 11.1. The van der Waals surface area contributed by atoms with Crippen molar-refractivity contribution >= 4 is 11.6 Å². The van der Waals surface area contributed by atoms with Crippen molar-refractivity contribution in [2.45, 2.75) is 20.0 Å². The first-order valence-corrected chi connectivity index (χ1v) is 4.76. The van der Waals surface area contributed by atoms with Crippen molar-refractivity contribution in [2.24, 2.45) is 5.41 Å². The fourth-order valence-corrected chi connectivity index (χ4v) is 1.27. The van der Waals surface area contributed by atoms with Gasteiger partial charge in [-0.2, -0.15) is 0 Å². The Morgan fingerprint density at radius 2 is 1.86 bits per heavy atom. The van der Waals surface area contributed by atoms with Crippen LogP contribution in [0, 0.1) is 17.8 Å². The molecule has 1 aromatic carbocycles. The van der Waals surface area contributed by atoms with Gasteiger partial charge in [-0.05, 0) is 31.5 Å². The molecule has 0 aliphatic rings. The number of hydrogen-bond donors (Lipinski definition) is 1. The van der Waals surface area contributed by atoms with E-state index in [-0.39, 0.29) is 0 Å². The highest BCUT2D eigenvalue weighted by molar-refractivity contribution is 6.30. The molecular weight excluding hydrogens is 196 g/mol. The SMILES string of the molecule is C#CC(C)(C)C(O)c1ccc(Cl)cc1. The summed E-state index contributed by atoms with van der Waals surface area (Å²) < 4.78 is 0. The molecular formula is C12H13ClO. The van der Waals surface area contributed by atoms with E-state index in [0.717, 1.165) is 5.56 Å². The van der Waals surface area contributed by atoms with Gasteiger partial charge in [0.25, 0.3) is 0 Å². The lowest BCUT2D eigenvalue weighted by Crippen LogP contribution is -2.19. The van der Waals surface area contributed by atoms with Gasteiger partial charge in [-0.25, -0.2) is 0 Å². The van der Waals surface area contributed by atoms with Crippen LogP contribution in [-0.2, 0) is 0 Å². The molecule has 0 bridgehead atoms. The molecule has 74 valence electrons. The average Bonchev–Trinajstić information content (AvgIpc) is 2.18. The van der Waals surface area contributed by atoms with Gasteiger partial charge in [0, 0.05) is 5.02 Å². The van der Waals surface area contributed by atoms with Gasteiger partial charge < -0.3 is 5.11 Å². The smallest absolute Gasteiger partial charge is 0.0949 e. The van der Waals surface area contributed by atoms with Gasteiger partial charge in [0.15, 0.2) is 0 Å². The number of aliphatic hydroxyl groups is 1. The quantitative estimate of drug-likeness (QED) is 0.741. The molecule has 0 saturated heterocycles. The first-order chi connectivity index (χ1) is 6.47. The zero-order valence-corrected chi connectivity index (χ0v) is 9.05. The molecule has 1 rings (SSSR count). The Balaban J connectivity index is 2.96. The number of aliphatic hydroxyl groups excluding tert-OH is 1. The van der Waals surface area contributed by atoms with E-state index in [1.165, 1.54) is 0 Å². The number of halogens is 1. The second-order valence-electron chi connectivity index (χ2n) is 3.82. The van der Waals surface area contributed by atoms with Crippen LogP contribution in [0.15, 0.2) is 24.3 Å². The van der Waals surface area contributed by atoms with E-state index in [4.69, 9.17) is 18.0 Å². The molecule has 1 unspecified atom stereocenters. The van der Waals surface area contributed by atoms with Crippen LogP contribution in [0.5, 0.6) is 0 Å². The van der Waals surface area contributed by atoms with E-state index in [1.807, 2.05) is 13.8 Å². The molecule has 1 atom stereocenters. The predicted octanol–water partition coefficient (Wildman–Crippen LogP) is 3.03. The van der Waals surface area contributed by atoms with Crippen LogP contribution in [0.25, 0.3) is 0 Å². The van der Waals surface area contributed by atoms with Gasteiger partial charge in [0.2, 0.25) is 0 Å². The van der Waals surface area contributed by atoms with Crippen molar-refractivity contribution < 1.29 is 5.11 Å². The fourth-order valence-electron chi connectivity index (χ4n) is 1.14. The summed E-state index contributed by atoms with van der Waals surface area (Å²) in [5.41, 5.74) is 0.228. The highest BCUT2D eigenvalue weighted by Crippen LogP contribution is 2.32. The van der Waals surface area contributed by atoms with Crippen molar-refractivity contribution in [2.75, 3.05) is 0 Å². The van der Waals surface area contributed by atoms with Crippen LogP contribution in [-0.4, -0.2) is 5.11 Å². The van der Waals surface area contributed by atoms with Crippen molar-refractivity contribution in [1.82, 2.24) is 0 Å². The van der Waals surface area contributed by atoms with E-state index >= 15 is 0 Å². The molecule has 1 aromatic rings. The van der Waals surface area contributed by atoms with Crippen LogP contribution < -0.4 is 0 Å². The van der Waals surface area contributed by atoms with Crippen LogP contribution in [0.1, 0.15) is 25.5 Å². The molecule has 0 heterocycles. The van der Waals surface area contributed by atoms with E-state index in [9.17, 15) is 5.11 Å². The van der Waals surface area contributed by atoms with Crippen molar-refractivity contribution in [3.63, 3.8) is 0 Å². The van der Waals surface area contributed by atoms with Crippen LogP contribution in [0.4, 0.5) is 0 Å². The molecule has 0 amide bonds. The van der Waals surface area contributed by atoms with Crippen LogP contribution >= 0.6 is 11.6 Å². The van der Waals surface area contributed by atoms with Crippen molar-refractivity contribution in [3.05, 3.63) is 34.9 Å². The minimum Gasteiger partial charge on any atom is -0.387 e. The Bertz CT molecular complexity index is 346. The largest absolute Gasteiger partial charge is 0.387 e. The maximum absolute atomic E-state index is 9.95. The maximum atomic E-state index is 9.95. The molecule has 1 nitrogen and oxygen atoms in total. The topological polar surface area (TPSA) is 20.2 Å². The summed E-state index contributed by atoms with van der Waals surface area (Å²) in [5, 5.41) is 10.6. The average molecular weight is 209 g/mol. The zero-order chi connectivity index (χ0) is 10.8. The second-order valence-corrected chi connectivity index (χ2v) is 4.26. The maximum Gasteiger partial charge on any atom is 0.0949 e. The second kappa shape index (κ2) is 4.04. The van der Waals surface area contributed by atoms with Gasteiger partial charge in [-0.1, -0.05) is 29.7 Å².